The second-order valence-electron chi connectivity index (χ2n) is 4.48. The molecule has 110 valence electrons. The molecule has 1 heterocycles. The molecule has 0 unspecified atom stereocenters. The molecule has 0 bridgehead atoms. The van der Waals surface area contributed by atoms with Crippen LogP contribution >= 0.6 is 39.1 Å². The zero-order valence-corrected chi connectivity index (χ0v) is 14.1. The molecule has 1 aromatic heterocycles. The lowest BCUT2D eigenvalue weighted by Crippen LogP contribution is -2.27. The van der Waals surface area contributed by atoms with Crippen LogP contribution in [0.5, 0.6) is 0 Å². The normalized spacial score (nSPS) is 10.5. The smallest absolute Gasteiger partial charge is 0.265 e. The molecular weight excluding hydrogens is 379 g/mol. The average Bonchev–Trinajstić information content (AvgIpc) is 2.39. The standard InChI is InChI=1S/C14H11BrCl2N2O2/c1-8-4-10(15)14(21)19(6-8)7-13(20)18-9-2-3-11(16)12(17)5-9/h2-6H,7H2,1H3,(H,18,20). The molecule has 0 aliphatic heterocycles. The number of halogens is 3. The van der Waals surface area contributed by atoms with Gasteiger partial charge in [-0.25, -0.2) is 0 Å². The van der Waals surface area contributed by atoms with E-state index in [-0.39, 0.29) is 18.0 Å². The van der Waals surface area contributed by atoms with E-state index >= 15 is 0 Å². The zero-order valence-electron chi connectivity index (χ0n) is 11.0. The van der Waals surface area contributed by atoms with Crippen LogP contribution in [0.3, 0.4) is 0 Å². The Morgan fingerprint density at radius 1 is 1.29 bits per heavy atom. The van der Waals surface area contributed by atoms with Gasteiger partial charge in [-0.1, -0.05) is 23.2 Å². The molecule has 0 saturated heterocycles. The van der Waals surface area contributed by atoms with Crippen molar-refractivity contribution in [2.24, 2.45) is 0 Å². The summed E-state index contributed by atoms with van der Waals surface area (Å²) in [5.74, 6) is -0.326. The lowest BCUT2D eigenvalue weighted by Gasteiger charge is -2.09. The number of nitrogens with one attached hydrogen (secondary N) is 1. The van der Waals surface area contributed by atoms with Crippen molar-refractivity contribution in [2.45, 2.75) is 13.5 Å². The molecule has 4 nitrogen and oxygen atoms in total. The van der Waals surface area contributed by atoms with Gasteiger partial charge in [0, 0.05) is 11.9 Å². The van der Waals surface area contributed by atoms with Gasteiger partial charge in [0.25, 0.3) is 5.56 Å². The Kier molecular flexibility index (Phi) is 5.08. The first-order chi connectivity index (χ1) is 9.86. The maximum absolute atomic E-state index is 12.0. The van der Waals surface area contributed by atoms with E-state index in [9.17, 15) is 9.59 Å². The van der Waals surface area contributed by atoms with E-state index in [1.807, 2.05) is 6.92 Å². The minimum Gasteiger partial charge on any atom is -0.324 e. The van der Waals surface area contributed by atoms with E-state index < -0.39 is 0 Å². The van der Waals surface area contributed by atoms with Gasteiger partial charge in [0.15, 0.2) is 0 Å². The molecule has 0 radical (unpaired) electrons. The highest BCUT2D eigenvalue weighted by atomic mass is 79.9. The van der Waals surface area contributed by atoms with Crippen molar-refractivity contribution in [1.82, 2.24) is 4.57 Å². The monoisotopic (exact) mass is 388 g/mol. The van der Waals surface area contributed by atoms with Gasteiger partial charge in [0.1, 0.15) is 6.54 Å². The molecule has 1 aromatic carbocycles. The Balaban J connectivity index is 2.15. The molecule has 0 aliphatic carbocycles. The fourth-order valence-corrected chi connectivity index (χ4v) is 2.67. The Hall–Kier alpha value is -1.30. The van der Waals surface area contributed by atoms with Crippen LogP contribution < -0.4 is 10.9 Å². The number of amides is 1. The van der Waals surface area contributed by atoms with Crippen molar-refractivity contribution in [1.29, 1.82) is 0 Å². The third-order valence-corrected chi connectivity index (χ3v) is 4.00. The summed E-state index contributed by atoms with van der Waals surface area (Å²) in [5, 5.41) is 3.43. The van der Waals surface area contributed by atoms with E-state index in [0.717, 1.165) is 5.56 Å². The summed E-state index contributed by atoms with van der Waals surface area (Å²) in [6.45, 7) is 1.76. The van der Waals surface area contributed by atoms with Gasteiger partial charge in [-0.15, -0.1) is 0 Å². The van der Waals surface area contributed by atoms with Crippen molar-refractivity contribution < 1.29 is 4.79 Å². The van der Waals surface area contributed by atoms with E-state index in [1.165, 1.54) is 4.57 Å². The quantitative estimate of drug-likeness (QED) is 0.866. The Morgan fingerprint density at radius 2 is 2.00 bits per heavy atom. The molecule has 1 N–H and O–H groups in total. The number of hydrogen-bond acceptors (Lipinski definition) is 2. The first kappa shape index (κ1) is 16.1. The Morgan fingerprint density at radius 3 is 2.67 bits per heavy atom. The van der Waals surface area contributed by atoms with E-state index in [2.05, 4.69) is 21.2 Å². The molecule has 2 rings (SSSR count). The topological polar surface area (TPSA) is 51.1 Å². The molecule has 0 fully saturated rings. The Labute approximate surface area is 139 Å². The van der Waals surface area contributed by atoms with Crippen LogP contribution in [0.4, 0.5) is 5.69 Å². The van der Waals surface area contributed by atoms with E-state index in [0.29, 0.717) is 20.2 Å². The van der Waals surface area contributed by atoms with Crippen LogP contribution in [0, 0.1) is 6.92 Å². The molecule has 2 aromatic rings. The first-order valence-electron chi connectivity index (χ1n) is 5.98. The molecule has 0 saturated carbocycles. The number of rotatable bonds is 3. The molecule has 0 atom stereocenters. The number of aryl methyl sites for hydroxylation is 1. The lowest BCUT2D eigenvalue weighted by atomic mass is 10.3. The van der Waals surface area contributed by atoms with E-state index in [1.54, 1.807) is 30.5 Å². The number of carbonyl (C=O) groups excluding carboxylic acids is 1. The predicted octanol–water partition coefficient (Wildman–Crippen LogP) is 3.86. The number of aromatic nitrogens is 1. The maximum atomic E-state index is 12.0. The zero-order chi connectivity index (χ0) is 15.6. The van der Waals surface area contributed by atoms with Crippen LogP contribution in [0.2, 0.25) is 10.0 Å². The number of nitrogens with zero attached hydrogens (tertiary/aromatic N) is 1. The van der Waals surface area contributed by atoms with Crippen molar-refractivity contribution >= 4 is 50.7 Å². The number of hydrogen-bond donors (Lipinski definition) is 1. The minimum atomic E-state index is -0.326. The summed E-state index contributed by atoms with van der Waals surface area (Å²) < 4.78 is 1.76. The van der Waals surface area contributed by atoms with E-state index in [4.69, 9.17) is 23.2 Å². The van der Waals surface area contributed by atoms with Gasteiger partial charge < -0.3 is 9.88 Å². The van der Waals surface area contributed by atoms with Crippen LogP contribution in [-0.2, 0) is 11.3 Å². The van der Waals surface area contributed by atoms with Gasteiger partial charge in [0.2, 0.25) is 5.91 Å². The minimum absolute atomic E-state index is 0.0840. The first-order valence-corrected chi connectivity index (χ1v) is 7.53. The van der Waals surface area contributed by atoms with Crippen LogP contribution in [0.25, 0.3) is 0 Å². The van der Waals surface area contributed by atoms with Crippen molar-refractivity contribution in [2.75, 3.05) is 5.32 Å². The van der Waals surface area contributed by atoms with Gasteiger partial charge in [-0.2, -0.15) is 0 Å². The van der Waals surface area contributed by atoms with Gasteiger partial charge in [-0.3, -0.25) is 9.59 Å². The largest absolute Gasteiger partial charge is 0.324 e. The van der Waals surface area contributed by atoms with Crippen LogP contribution in [-0.4, -0.2) is 10.5 Å². The third-order valence-electron chi connectivity index (χ3n) is 2.70. The fourth-order valence-electron chi connectivity index (χ4n) is 1.79. The molecule has 7 heteroatoms. The third kappa shape index (κ3) is 4.09. The molecular formula is C14H11BrCl2N2O2. The fraction of sp³-hybridized carbons (Fsp3) is 0.143. The van der Waals surface area contributed by atoms with Crippen LogP contribution in [0.1, 0.15) is 5.56 Å². The van der Waals surface area contributed by atoms with Crippen molar-refractivity contribution in [3.05, 3.63) is 60.9 Å². The van der Waals surface area contributed by atoms with Gasteiger partial charge >= 0.3 is 0 Å². The summed E-state index contributed by atoms with van der Waals surface area (Å²) >= 11 is 14.9. The number of anilines is 1. The summed E-state index contributed by atoms with van der Waals surface area (Å²) in [6, 6.07) is 6.49. The summed E-state index contributed by atoms with van der Waals surface area (Å²) in [6.07, 6.45) is 1.63. The second-order valence-corrected chi connectivity index (χ2v) is 6.14. The number of benzene rings is 1. The van der Waals surface area contributed by atoms with Gasteiger partial charge in [0.05, 0.1) is 14.5 Å². The molecule has 1 amide bonds. The number of pyridine rings is 1. The van der Waals surface area contributed by atoms with Gasteiger partial charge in [-0.05, 0) is 52.7 Å². The highest BCUT2D eigenvalue weighted by Gasteiger charge is 2.09. The maximum Gasteiger partial charge on any atom is 0.265 e. The summed E-state index contributed by atoms with van der Waals surface area (Å²) in [5.41, 5.74) is 1.14. The summed E-state index contributed by atoms with van der Waals surface area (Å²) in [4.78, 5) is 23.9. The highest BCUT2D eigenvalue weighted by Crippen LogP contribution is 2.24. The van der Waals surface area contributed by atoms with Crippen molar-refractivity contribution in [3.8, 4) is 0 Å². The second kappa shape index (κ2) is 6.64. The summed E-state index contributed by atoms with van der Waals surface area (Å²) in [7, 11) is 0. The predicted molar refractivity (Wildman–Crippen MR) is 88.2 cm³/mol. The van der Waals surface area contributed by atoms with Crippen LogP contribution in [0.15, 0.2) is 39.7 Å². The van der Waals surface area contributed by atoms with Crippen molar-refractivity contribution in [3.63, 3.8) is 0 Å². The molecule has 0 spiro atoms. The SMILES string of the molecule is Cc1cc(Br)c(=O)n(CC(=O)Nc2ccc(Cl)c(Cl)c2)c1. The average molecular weight is 390 g/mol. The Bertz CT molecular complexity index is 759. The lowest BCUT2D eigenvalue weighted by molar-refractivity contribution is -0.116. The highest BCUT2D eigenvalue weighted by molar-refractivity contribution is 9.10. The number of carbonyl (C=O) groups is 1. The molecule has 21 heavy (non-hydrogen) atoms. The molecule has 0 aliphatic rings.